The molecular weight excluding hydrogens is 309 g/mol. The molecule has 1 heterocycles. The van der Waals surface area contributed by atoms with Crippen LogP contribution in [0.1, 0.15) is 11.8 Å². The van der Waals surface area contributed by atoms with Gasteiger partial charge < -0.3 is 10.2 Å². The van der Waals surface area contributed by atoms with Gasteiger partial charge in [0.2, 0.25) is 0 Å². The Labute approximate surface area is 131 Å². The summed E-state index contributed by atoms with van der Waals surface area (Å²) in [5.41, 5.74) is 6.38. The molecule has 2 aromatic carbocycles. The van der Waals surface area contributed by atoms with Gasteiger partial charge in [-0.1, -0.05) is 35.9 Å². The molecule has 21 heavy (non-hydrogen) atoms. The molecule has 1 unspecified atom stereocenters. The van der Waals surface area contributed by atoms with Gasteiger partial charge >= 0.3 is 0 Å². The number of furan rings is 1. The number of hydrogen-bond acceptors (Lipinski definition) is 3. The highest BCUT2D eigenvalue weighted by Crippen LogP contribution is 2.31. The maximum Gasteiger partial charge on any atom is 0.169 e. The number of para-hydroxylation sites is 1. The Kier molecular flexibility index (Phi) is 4.19. The Balaban J connectivity index is 1.76. The highest BCUT2D eigenvalue weighted by molar-refractivity contribution is 7.99. The Bertz CT molecular complexity index is 774. The lowest BCUT2D eigenvalue weighted by molar-refractivity contribution is 0.495. The predicted molar refractivity (Wildman–Crippen MR) is 85.3 cm³/mol. The highest BCUT2D eigenvalue weighted by atomic mass is 35.5. The number of rotatable bonds is 4. The van der Waals surface area contributed by atoms with Crippen LogP contribution in [0.2, 0.25) is 5.02 Å². The van der Waals surface area contributed by atoms with Crippen molar-refractivity contribution in [1.82, 2.24) is 0 Å². The van der Waals surface area contributed by atoms with E-state index in [0.29, 0.717) is 16.5 Å². The van der Waals surface area contributed by atoms with Gasteiger partial charge in [-0.25, -0.2) is 4.39 Å². The summed E-state index contributed by atoms with van der Waals surface area (Å²) in [6.45, 7) is 0. The Morgan fingerprint density at radius 1 is 1.19 bits per heavy atom. The predicted octanol–water partition coefficient (Wildman–Crippen LogP) is 5.02. The molecule has 0 fully saturated rings. The van der Waals surface area contributed by atoms with E-state index in [4.69, 9.17) is 21.8 Å². The van der Waals surface area contributed by atoms with E-state index in [1.165, 1.54) is 6.07 Å². The van der Waals surface area contributed by atoms with Crippen molar-refractivity contribution in [1.29, 1.82) is 0 Å². The molecule has 0 radical (unpaired) electrons. The molecule has 1 atom stereocenters. The van der Waals surface area contributed by atoms with Crippen LogP contribution in [0.4, 0.5) is 4.39 Å². The largest absolute Gasteiger partial charge is 0.456 e. The summed E-state index contributed by atoms with van der Waals surface area (Å²) < 4.78 is 19.1. The van der Waals surface area contributed by atoms with Crippen molar-refractivity contribution in [3.05, 3.63) is 65.1 Å². The van der Waals surface area contributed by atoms with E-state index in [1.54, 1.807) is 30.0 Å². The van der Waals surface area contributed by atoms with Gasteiger partial charge in [-0.05, 0) is 24.3 Å². The van der Waals surface area contributed by atoms with Gasteiger partial charge in [0.1, 0.15) is 5.76 Å². The number of fused-ring (bicyclic) bond motifs is 1. The van der Waals surface area contributed by atoms with Crippen molar-refractivity contribution < 1.29 is 8.81 Å². The number of hydrogen-bond donors (Lipinski definition) is 1. The zero-order valence-electron chi connectivity index (χ0n) is 11.1. The molecule has 0 bridgehead atoms. The highest BCUT2D eigenvalue weighted by Gasteiger charge is 2.15. The van der Waals surface area contributed by atoms with Gasteiger partial charge in [0.15, 0.2) is 11.4 Å². The smallest absolute Gasteiger partial charge is 0.169 e. The fourth-order valence-electron chi connectivity index (χ4n) is 2.05. The zero-order valence-corrected chi connectivity index (χ0v) is 12.6. The van der Waals surface area contributed by atoms with Gasteiger partial charge in [0.05, 0.1) is 11.1 Å². The monoisotopic (exact) mass is 321 g/mol. The molecule has 3 aromatic rings. The Morgan fingerprint density at radius 3 is 2.76 bits per heavy atom. The minimum absolute atomic E-state index is 0.255. The summed E-state index contributed by atoms with van der Waals surface area (Å²) in [4.78, 5) is 0.969. The zero-order chi connectivity index (χ0) is 14.8. The molecular formula is C16H13ClFNOS. The van der Waals surface area contributed by atoms with E-state index < -0.39 is 0 Å². The van der Waals surface area contributed by atoms with E-state index in [1.807, 2.05) is 24.3 Å². The van der Waals surface area contributed by atoms with Crippen LogP contribution in [0.5, 0.6) is 0 Å². The van der Waals surface area contributed by atoms with Crippen LogP contribution in [0.25, 0.3) is 11.0 Å². The van der Waals surface area contributed by atoms with Crippen molar-refractivity contribution in [2.75, 3.05) is 5.75 Å². The second-order valence-corrected chi connectivity index (χ2v) is 6.12. The van der Waals surface area contributed by atoms with Gasteiger partial charge in [-0.3, -0.25) is 0 Å². The van der Waals surface area contributed by atoms with Crippen LogP contribution >= 0.6 is 23.4 Å². The molecule has 108 valence electrons. The molecule has 1 aromatic heterocycles. The van der Waals surface area contributed by atoms with Crippen LogP contribution in [0.3, 0.4) is 0 Å². The summed E-state index contributed by atoms with van der Waals surface area (Å²) >= 11 is 7.66. The third-order valence-corrected chi connectivity index (χ3v) is 4.77. The molecule has 0 aliphatic rings. The van der Waals surface area contributed by atoms with Gasteiger partial charge in [-0.2, -0.15) is 0 Å². The SMILES string of the molecule is NC(CSc1ccccc1Cl)c1cc2cccc(F)c2o1. The lowest BCUT2D eigenvalue weighted by Gasteiger charge is -2.09. The molecule has 3 rings (SSSR count). The molecule has 0 amide bonds. The first-order valence-corrected chi connectivity index (χ1v) is 7.82. The second-order valence-electron chi connectivity index (χ2n) is 4.65. The van der Waals surface area contributed by atoms with Gasteiger partial charge in [-0.15, -0.1) is 11.8 Å². The fraction of sp³-hybridized carbons (Fsp3) is 0.125. The van der Waals surface area contributed by atoms with E-state index in [0.717, 1.165) is 10.3 Å². The first-order chi connectivity index (χ1) is 10.1. The Morgan fingerprint density at radius 2 is 2.00 bits per heavy atom. The van der Waals surface area contributed by atoms with Crippen molar-refractivity contribution >= 4 is 34.3 Å². The molecule has 0 saturated carbocycles. The average Bonchev–Trinajstić information content (AvgIpc) is 2.92. The lowest BCUT2D eigenvalue weighted by atomic mass is 10.2. The number of benzene rings is 2. The van der Waals surface area contributed by atoms with Crippen molar-refractivity contribution in [3.8, 4) is 0 Å². The molecule has 0 saturated heterocycles. The Hall–Kier alpha value is -1.49. The van der Waals surface area contributed by atoms with Crippen LogP contribution in [0.15, 0.2) is 57.8 Å². The van der Waals surface area contributed by atoms with Gasteiger partial charge in [0, 0.05) is 16.0 Å². The van der Waals surface area contributed by atoms with E-state index in [2.05, 4.69) is 0 Å². The van der Waals surface area contributed by atoms with Crippen molar-refractivity contribution in [2.24, 2.45) is 5.73 Å². The van der Waals surface area contributed by atoms with Crippen molar-refractivity contribution in [2.45, 2.75) is 10.9 Å². The third kappa shape index (κ3) is 3.07. The molecule has 0 aliphatic carbocycles. The standard InChI is InChI=1S/C16H13ClFNOS/c17-11-5-1-2-7-15(11)21-9-13(19)14-8-10-4-3-6-12(18)16(10)20-14/h1-8,13H,9,19H2. The first kappa shape index (κ1) is 14.4. The number of thioether (sulfide) groups is 1. The topological polar surface area (TPSA) is 39.2 Å². The fourth-order valence-corrected chi connectivity index (χ4v) is 3.26. The normalized spacial score (nSPS) is 12.7. The van der Waals surface area contributed by atoms with Crippen LogP contribution in [-0.2, 0) is 0 Å². The molecule has 2 nitrogen and oxygen atoms in total. The summed E-state index contributed by atoms with van der Waals surface area (Å²) in [5, 5.41) is 1.42. The van der Waals surface area contributed by atoms with Crippen LogP contribution in [0, 0.1) is 5.82 Å². The quantitative estimate of drug-likeness (QED) is 0.686. The minimum atomic E-state index is -0.371. The summed E-state index contributed by atoms with van der Waals surface area (Å²) in [7, 11) is 0. The molecule has 5 heteroatoms. The number of halogens is 2. The second kappa shape index (κ2) is 6.10. The minimum Gasteiger partial charge on any atom is -0.456 e. The molecule has 2 N–H and O–H groups in total. The first-order valence-electron chi connectivity index (χ1n) is 6.46. The summed E-state index contributed by atoms with van der Waals surface area (Å²) in [5.74, 6) is 0.810. The van der Waals surface area contributed by atoms with E-state index >= 15 is 0 Å². The average molecular weight is 322 g/mol. The van der Waals surface area contributed by atoms with Crippen LogP contribution < -0.4 is 5.73 Å². The third-order valence-electron chi connectivity index (χ3n) is 3.14. The van der Waals surface area contributed by atoms with Crippen molar-refractivity contribution in [3.63, 3.8) is 0 Å². The van der Waals surface area contributed by atoms with E-state index in [-0.39, 0.29) is 17.4 Å². The van der Waals surface area contributed by atoms with E-state index in [9.17, 15) is 4.39 Å². The van der Waals surface area contributed by atoms with Crippen LogP contribution in [-0.4, -0.2) is 5.75 Å². The van der Waals surface area contributed by atoms with Gasteiger partial charge in [0.25, 0.3) is 0 Å². The number of nitrogens with two attached hydrogens (primary N) is 1. The maximum atomic E-state index is 13.6. The molecule has 0 aliphatic heterocycles. The summed E-state index contributed by atoms with van der Waals surface area (Å²) in [6.07, 6.45) is 0. The summed E-state index contributed by atoms with van der Waals surface area (Å²) in [6, 6.07) is 13.9. The maximum absolute atomic E-state index is 13.6. The molecule has 0 spiro atoms. The lowest BCUT2D eigenvalue weighted by Crippen LogP contribution is -2.11.